The first kappa shape index (κ1) is 25.0. The van der Waals surface area contributed by atoms with Gasteiger partial charge in [-0.3, -0.25) is 14.6 Å². The summed E-state index contributed by atoms with van der Waals surface area (Å²) in [7, 11) is 1.47. The fourth-order valence-corrected chi connectivity index (χ4v) is 3.13. The van der Waals surface area contributed by atoms with Crippen LogP contribution in [0.25, 0.3) is 0 Å². The fourth-order valence-electron chi connectivity index (χ4n) is 3.13. The molecule has 1 aromatic heterocycles. The van der Waals surface area contributed by atoms with Crippen LogP contribution in [0.15, 0.2) is 54.7 Å². The van der Waals surface area contributed by atoms with Crippen LogP contribution in [0, 0.1) is 6.92 Å². The predicted molar refractivity (Wildman–Crippen MR) is 121 cm³/mol. The van der Waals surface area contributed by atoms with Gasteiger partial charge in [0.05, 0.1) is 16.8 Å². The molecule has 0 aliphatic rings. The van der Waals surface area contributed by atoms with Crippen LogP contribution in [-0.4, -0.2) is 29.9 Å². The lowest BCUT2D eigenvalue weighted by Gasteiger charge is -2.16. The summed E-state index contributed by atoms with van der Waals surface area (Å²) in [6, 6.07) is 9.57. The fraction of sp³-hybridized carbons (Fsp3) is 0.130. The summed E-state index contributed by atoms with van der Waals surface area (Å²) in [5.41, 5.74) is 4.08. The maximum Gasteiger partial charge on any atom is 0.416 e. The molecule has 2 aromatic carbocycles. The molecule has 35 heavy (non-hydrogen) atoms. The molecule has 5 N–H and O–H groups in total. The smallest absolute Gasteiger partial charge is 0.416 e. The molecule has 0 saturated heterocycles. The zero-order valence-electron chi connectivity index (χ0n) is 18.5. The number of rotatable bonds is 6. The molecule has 182 valence electrons. The van der Waals surface area contributed by atoms with Gasteiger partial charge in [-0.25, -0.2) is 4.79 Å². The summed E-state index contributed by atoms with van der Waals surface area (Å²) in [4.78, 5) is 39.8. The van der Waals surface area contributed by atoms with E-state index in [0.29, 0.717) is 23.3 Å². The number of nitrogens with two attached hydrogens (primary N) is 1. The standard InChI is InChI=1S/C23H20F3N5O4/c1-12-9-13(23(24,25)26)10-17(19(12)20(27)32)31-22(34)30-14-3-5-15(6-4-14)35-16-7-8-29-18(11-16)21(33)28-2/h3-11H,1-2H3,(H2,27,32)(H,28,33)(H2,30,31,34). The monoisotopic (exact) mass is 487 g/mol. The molecule has 0 radical (unpaired) electrons. The van der Waals surface area contributed by atoms with E-state index in [1.54, 1.807) is 6.07 Å². The molecule has 0 saturated carbocycles. The number of alkyl halides is 3. The van der Waals surface area contributed by atoms with Gasteiger partial charge in [0.1, 0.15) is 17.2 Å². The van der Waals surface area contributed by atoms with Gasteiger partial charge < -0.3 is 26.4 Å². The van der Waals surface area contributed by atoms with Crippen LogP contribution in [0.5, 0.6) is 11.5 Å². The number of benzene rings is 2. The van der Waals surface area contributed by atoms with Crippen LogP contribution in [0.3, 0.4) is 0 Å². The number of primary amides is 1. The highest BCUT2D eigenvalue weighted by molar-refractivity contribution is 6.07. The first-order valence-corrected chi connectivity index (χ1v) is 10.0. The Balaban J connectivity index is 1.72. The molecule has 0 aliphatic heterocycles. The Morgan fingerprint density at radius 1 is 0.971 bits per heavy atom. The van der Waals surface area contributed by atoms with Gasteiger partial charge >= 0.3 is 12.2 Å². The lowest BCUT2D eigenvalue weighted by molar-refractivity contribution is -0.137. The number of urea groups is 1. The number of anilines is 2. The maximum absolute atomic E-state index is 13.2. The van der Waals surface area contributed by atoms with Gasteiger partial charge in [0.2, 0.25) is 0 Å². The van der Waals surface area contributed by atoms with Crippen LogP contribution in [0.4, 0.5) is 29.3 Å². The minimum atomic E-state index is -4.68. The van der Waals surface area contributed by atoms with Gasteiger partial charge in [0, 0.05) is 25.0 Å². The number of halogens is 3. The average molecular weight is 487 g/mol. The lowest BCUT2D eigenvalue weighted by atomic mass is 10.0. The lowest BCUT2D eigenvalue weighted by Crippen LogP contribution is -2.24. The molecule has 0 unspecified atom stereocenters. The van der Waals surface area contributed by atoms with Crippen molar-refractivity contribution in [3.63, 3.8) is 0 Å². The van der Waals surface area contributed by atoms with Gasteiger partial charge in [-0.2, -0.15) is 13.2 Å². The van der Waals surface area contributed by atoms with E-state index >= 15 is 0 Å². The van der Waals surface area contributed by atoms with Crippen molar-refractivity contribution in [2.24, 2.45) is 5.73 Å². The van der Waals surface area contributed by atoms with Crippen molar-refractivity contribution in [3.8, 4) is 11.5 Å². The number of hydrogen-bond acceptors (Lipinski definition) is 5. The Hall–Kier alpha value is -4.61. The van der Waals surface area contributed by atoms with Crippen molar-refractivity contribution >= 4 is 29.2 Å². The molecule has 4 amide bonds. The highest BCUT2D eigenvalue weighted by Gasteiger charge is 2.32. The van der Waals surface area contributed by atoms with Crippen LogP contribution >= 0.6 is 0 Å². The van der Waals surface area contributed by atoms with Gasteiger partial charge in [0.25, 0.3) is 11.8 Å². The second kappa shape index (κ2) is 10.1. The second-order valence-corrected chi connectivity index (χ2v) is 7.24. The van der Waals surface area contributed by atoms with E-state index in [-0.39, 0.29) is 28.4 Å². The van der Waals surface area contributed by atoms with E-state index in [2.05, 4.69) is 20.9 Å². The van der Waals surface area contributed by atoms with Gasteiger partial charge in [-0.1, -0.05) is 0 Å². The number of carbonyl (C=O) groups excluding carboxylic acids is 3. The molecular weight excluding hydrogens is 467 g/mol. The third-order valence-electron chi connectivity index (χ3n) is 4.70. The van der Waals surface area contributed by atoms with Crippen molar-refractivity contribution in [2.45, 2.75) is 13.1 Å². The molecular formula is C23H20F3N5O4. The van der Waals surface area contributed by atoms with Crippen molar-refractivity contribution < 1.29 is 32.3 Å². The van der Waals surface area contributed by atoms with Crippen LogP contribution < -0.4 is 26.4 Å². The molecule has 0 atom stereocenters. The number of nitrogens with one attached hydrogen (secondary N) is 3. The summed E-state index contributed by atoms with van der Waals surface area (Å²) < 4.78 is 45.1. The van der Waals surface area contributed by atoms with Crippen LogP contribution in [-0.2, 0) is 6.18 Å². The number of aromatic nitrogens is 1. The molecule has 3 rings (SSSR count). The van der Waals surface area contributed by atoms with Gasteiger partial charge in [-0.05, 0) is 55.0 Å². The molecule has 3 aromatic rings. The number of hydrogen-bond donors (Lipinski definition) is 4. The van der Waals surface area contributed by atoms with Crippen LogP contribution in [0.2, 0.25) is 0 Å². The summed E-state index contributed by atoms with van der Waals surface area (Å²) >= 11 is 0. The van der Waals surface area contributed by atoms with Crippen molar-refractivity contribution in [1.29, 1.82) is 0 Å². The first-order chi connectivity index (χ1) is 16.5. The topological polar surface area (TPSA) is 135 Å². The minimum absolute atomic E-state index is 0.0279. The predicted octanol–water partition coefficient (Wildman–Crippen LogP) is 4.30. The Labute approximate surface area is 197 Å². The highest BCUT2D eigenvalue weighted by atomic mass is 19.4. The minimum Gasteiger partial charge on any atom is -0.457 e. The SMILES string of the molecule is CNC(=O)c1cc(Oc2ccc(NC(=O)Nc3cc(C(F)(F)F)cc(C)c3C(N)=O)cc2)ccn1. The number of ether oxygens (including phenoxy) is 1. The Morgan fingerprint density at radius 3 is 2.26 bits per heavy atom. The van der Waals surface area contributed by atoms with E-state index in [0.717, 1.165) is 6.07 Å². The quantitative estimate of drug-likeness (QED) is 0.411. The van der Waals surface area contributed by atoms with Crippen LogP contribution in [0.1, 0.15) is 32.0 Å². The van der Waals surface area contributed by atoms with E-state index in [4.69, 9.17) is 10.5 Å². The van der Waals surface area contributed by atoms with Crippen molar-refractivity contribution in [2.75, 3.05) is 17.7 Å². The molecule has 12 heteroatoms. The normalized spacial score (nSPS) is 10.9. The maximum atomic E-state index is 13.2. The van der Waals surface area contributed by atoms with E-state index in [1.165, 1.54) is 50.5 Å². The number of carbonyl (C=O) groups is 3. The molecule has 9 nitrogen and oxygen atoms in total. The number of amides is 4. The highest BCUT2D eigenvalue weighted by Crippen LogP contribution is 2.34. The summed E-state index contributed by atoms with van der Waals surface area (Å²) in [5.74, 6) is -0.620. The molecule has 0 spiro atoms. The Morgan fingerprint density at radius 2 is 1.66 bits per heavy atom. The van der Waals surface area contributed by atoms with Crippen molar-refractivity contribution in [3.05, 3.63) is 77.1 Å². The third-order valence-corrected chi connectivity index (χ3v) is 4.70. The number of nitrogens with zero attached hydrogens (tertiary/aromatic N) is 1. The summed E-state index contributed by atoms with van der Waals surface area (Å²) in [6.07, 6.45) is -3.27. The Bertz CT molecular complexity index is 1280. The molecule has 0 fully saturated rings. The largest absolute Gasteiger partial charge is 0.457 e. The Kier molecular flexibility index (Phi) is 7.23. The van der Waals surface area contributed by atoms with Gasteiger partial charge in [-0.15, -0.1) is 0 Å². The number of pyridine rings is 1. The summed E-state index contributed by atoms with van der Waals surface area (Å²) in [6.45, 7) is 1.29. The first-order valence-electron chi connectivity index (χ1n) is 10.0. The third kappa shape index (κ3) is 6.25. The molecule has 1 heterocycles. The number of aryl methyl sites for hydroxylation is 1. The van der Waals surface area contributed by atoms with E-state index in [9.17, 15) is 27.6 Å². The van der Waals surface area contributed by atoms with E-state index < -0.39 is 23.7 Å². The van der Waals surface area contributed by atoms with Crippen molar-refractivity contribution in [1.82, 2.24) is 10.3 Å². The zero-order chi connectivity index (χ0) is 25.8. The average Bonchev–Trinajstić information content (AvgIpc) is 2.78. The molecule has 0 bridgehead atoms. The second-order valence-electron chi connectivity index (χ2n) is 7.24. The van der Waals surface area contributed by atoms with E-state index in [1.807, 2.05) is 0 Å². The molecule has 0 aliphatic carbocycles. The van der Waals surface area contributed by atoms with Gasteiger partial charge in [0.15, 0.2) is 0 Å². The summed E-state index contributed by atoms with van der Waals surface area (Å²) in [5, 5.41) is 7.15. The zero-order valence-corrected chi connectivity index (χ0v) is 18.5.